The summed E-state index contributed by atoms with van der Waals surface area (Å²) in [5.41, 5.74) is 2.43. The molecule has 1 aliphatic heterocycles. The highest BCUT2D eigenvalue weighted by molar-refractivity contribution is 7.92. The predicted octanol–water partition coefficient (Wildman–Crippen LogP) is 1.87. The Balaban J connectivity index is 1.60. The maximum absolute atomic E-state index is 12.4. The minimum absolute atomic E-state index is 0.196. The van der Waals surface area contributed by atoms with Gasteiger partial charge in [-0.05, 0) is 55.5 Å². The van der Waals surface area contributed by atoms with Crippen molar-refractivity contribution in [3.63, 3.8) is 0 Å². The number of aryl methyl sites for hydroxylation is 1. The highest BCUT2D eigenvalue weighted by Gasteiger charge is 2.25. The second kappa shape index (κ2) is 9.95. The number of ketones is 1. The summed E-state index contributed by atoms with van der Waals surface area (Å²) in [7, 11) is -3.40. The first-order valence-corrected chi connectivity index (χ1v) is 12.1. The van der Waals surface area contributed by atoms with Crippen molar-refractivity contribution in [2.24, 2.45) is 0 Å². The van der Waals surface area contributed by atoms with E-state index < -0.39 is 34.5 Å². The van der Waals surface area contributed by atoms with Crippen molar-refractivity contribution in [2.45, 2.75) is 32.2 Å². The molecule has 0 spiro atoms. The van der Waals surface area contributed by atoms with Gasteiger partial charge in [-0.2, -0.15) is 0 Å². The summed E-state index contributed by atoms with van der Waals surface area (Å²) in [5.74, 6) is -1.46. The fourth-order valence-electron chi connectivity index (χ4n) is 3.63. The number of sulfonamides is 1. The van der Waals surface area contributed by atoms with Gasteiger partial charge in [-0.25, -0.2) is 13.2 Å². The third-order valence-electron chi connectivity index (χ3n) is 5.23. The zero-order valence-corrected chi connectivity index (χ0v) is 18.9. The van der Waals surface area contributed by atoms with Crippen molar-refractivity contribution in [1.82, 2.24) is 5.32 Å². The first-order chi connectivity index (χ1) is 15.1. The van der Waals surface area contributed by atoms with Crippen LogP contribution >= 0.6 is 0 Å². The molecule has 0 radical (unpaired) electrons. The number of anilines is 1. The van der Waals surface area contributed by atoms with Crippen molar-refractivity contribution in [3.05, 3.63) is 65.2 Å². The highest BCUT2D eigenvalue weighted by atomic mass is 32.2. The second-order valence-electron chi connectivity index (χ2n) is 7.78. The molecule has 0 saturated carbocycles. The van der Waals surface area contributed by atoms with Gasteiger partial charge in [0.05, 0.1) is 23.5 Å². The molecule has 0 aromatic heterocycles. The summed E-state index contributed by atoms with van der Waals surface area (Å²) in [5, 5.41) is 2.61. The molecule has 170 valence electrons. The van der Waals surface area contributed by atoms with Gasteiger partial charge in [-0.3, -0.25) is 13.9 Å². The summed E-state index contributed by atoms with van der Waals surface area (Å²) in [4.78, 5) is 36.6. The Morgan fingerprint density at radius 2 is 1.84 bits per heavy atom. The van der Waals surface area contributed by atoms with E-state index in [1.165, 1.54) is 17.3 Å². The third-order valence-corrected chi connectivity index (χ3v) is 6.41. The zero-order valence-electron chi connectivity index (χ0n) is 18.0. The normalized spacial score (nSPS) is 14.2. The topological polar surface area (TPSA) is 110 Å². The fourth-order valence-corrected chi connectivity index (χ4v) is 4.63. The van der Waals surface area contributed by atoms with E-state index in [-0.39, 0.29) is 11.3 Å². The molecule has 1 heterocycles. The molecule has 3 rings (SSSR count). The van der Waals surface area contributed by atoms with Crippen molar-refractivity contribution < 1.29 is 27.5 Å². The third kappa shape index (κ3) is 5.94. The minimum atomic E-state index is -3.40. The molecule has 0 fully saturated rings. The van der Waals surface area contributed by atoms with E-state index in [1.54, 1.807) is 12.1 Å². The van der Waals surface area contributed by atoms with Crippen LogP contribution in [0.25, 0.3) is 0 Å². The molecule has 2 aromatic rings. The lowest BCUT2D eigenvalue weighted by Gasteiger charge is -2.29. The molecule has 1 N–H and O–H groups in total. The van der Waals surface area contributed by atoms with E-state index in [0.717, 1.165) is 17.4 Å². The Labute approximate surface area is 187 Å². The number of ether oxygens (including phenoxy) is 1. The Morgan fingerprint density at radius 1 is 1.12 bits per heavy atom. The quantitative estimate of drug-likeness (QED) is 0.605. The number of fused-ring (bicyclic) bond motifs is 1. The fraction of sp³-hybridized carbons (Fsp3) is 0.348. The Hall–Kier alpha value is -3.20. The molecule has 1 atom stereocenters. The maximum Gasteiger partial charge on any atom is 0.338 e. The summed E-state index contributed by atoms with van der Waals surface area (Å²) in [6, 6.07) is 13.2. The van der Waals surface area contributed by atoms with Crippen LogP contribution in [0, 0.1) is 0 Å². The molecular weight excluding hydrogens is 432 g/mol. The number of rotatable bonds is 8. The van der Waals surface area contributed by atoms with Crippen LogP contribution in [0.15, 0.2) is 48.5 Å². The first kappa shape index (κ1) is 23.5. The molecule has 0 bridgehead atoms. The predicted molar refractivity (Wildman–Crippen MR) is 120 cm³/mol. The molecule has 9 heteroatoms. The van der Waals surface area contributed by atoms with Gasteiger partial charge in [0.25, 0.3) is 5.91 Å². The summed E-state index contributed by atoms with van der Waals surface area (Å²) >= 11 is 0. The highest BCUT2D eigenvalue weighted by Crippen LogP contribution is 2.30. The minimum Gasteiger partial charge on any atom is -0.452 e. The molecule has 32 heavy (non-hydrogen) atoms. The number of hydrogen-bond acceptors (Lipinski definition) is 6. The lowest BCUT2D eigenvalue weighted by Crippen LogP contribution is -2.43. The van der Waals surface area contributed by atoms with Gasteiger partial charge in [0.2, 0.25) is 10.0 Å². The van der Waals surface area contributed by atoms with Crippen LogP contribution in [0.3, 0.4) is 0 Å². The average Bonchev–Trinajstić information content (AvgIpc) is 2.76. The van der Waals surface area contributed by atoms with Crippen molar-refractivity contribution in [2.75, 3.05) is 23.7 Å². The smallest absolute Gasteiger partial charge is 0.338 e. The SMILES string of the molecule is CC(=O)[C@@H](Cc1ccccc1)NC(=O)COC(=O)c1ccc2c(c1)CCCN2S(C)(=O)=O. The van der Waals surface area contributed by atoms with Crippen LogP contribution in [0.1, 0.15) is 34.8 Å². The molecule has 0 aliphatic carbocycles. The molecule has 8 nitrogen and oxygen atoms in total. The first-order valence-electron chi connectivity index (χ1n) is 10.3. The maximum atomic E-state index is 12.4. The monoisotopic (exact) mass is 458 g/mol. The number of carbonyl (C=O) groups is 3. The number of nitrogens with zero attached hydrogens (tertiary/aromatic N) is 1. The van der Waals surface area contributed by atoms with Gasteiger partial charge in [0.15, 0.2) is 12.4 Å². The van der Waals surface area contributed by atoms with Crippen molar-refractivity contribution in [1.29, 1.82) is 0 Å². The van der Waals surface area contributed by atoms with E-state index in [2.05, 4.69) is 5.32 Å². The van der Waals surface area contributed by atoms with Gasteiger partial charge < -0.3 is 10.1 Å². The van der Waals surface area contributed by atoms with Gasteiger partial charge in [0.1, 0.15) is 0 Å². The van der Waals surface area contributed by atoms with E-state index in [0.29, 0.717) is 31.5 Å². The standard InChI is InChI=1S/C23H26N2O6S/c1-16(26)20(13-17-7-4-3-5-8-17)24-22(27)15-31-23(28)19-10-11-21-18(14-19)9-6-12-25(21)32(2,29)30/h3-5,7-8,10-11,14,20H,6,9,12-13,15H2,1-2H3,(H,24,27)/t20-/m1/s1. The lowest BCUT2D eigenvalue weighted by atomic mass is 10.0. The zero-order chi connectivity index (χ0) is 23.3. The number of benzene rings is 2. The summed E-state index contributed by atoms with van der Waals surface area (Å²) in [6.45, 7) is 1.27. The van der Waals surface area contributed by atoms with Crippen molar-refractivity contribution >= 4 is 33.4 Å². The van der Waals surface area contributed by atoms with E-state index >= 15 is 0 Å². The number of Topliss-reactive ketones (excluding diaryl/α,β-unsaturated/α-hetero) is 1. The molecule has 1 aliphatic rings. The Morgan fingerprint density at radius 3 is 2.50 bits per heavy atom. The largest absolute Gasteiger partial charge is 0.452 e. The van der Waals surface area contributed by atoms with E-state index in [4.69, 9.17) is 4.74 Å². The van der Waals surface area contributed by atoms with Crippen LogP contribution in [-0.2, 0) is 37.2 Å². The van der Waals surface area contributed by atoms with Gasteiger partial charge >= 0.3 is 5.97 Å². The van der Waals surface area contributed by atoms with Gasteiger partial charge in [-0.1, -0.05) is 30.3 Å². The Kier molecular flexibility index (Phi) is 7.29. The average molecular weight is 459 g/mol. The number of nitrogens with one attached hydrogen (secondary N) is 1. The van der Waals surface area contributed by atoms with Gasteiger partial charge in [0, 0.05) is 6.54 Å². The molecular formula is C23H26N2O6S. The van der Waals surface area contributed by atoms with Crippen LogP contribution in [0.5, 0.6) is 0 Å². The Bertz CT molecular complexity index is 1110. The number of esters is 1. The lowest BCUT2D eigenvalue weighted by molar-refractivity contribution is -0.128. The van der Waals surface area contributed by atoms with Crippen LogP contribution < -0.4 is 9.62 Å². The van der Waals surface area contributed by atoms with E-state index in [1.807, 2.05) is 30.3 Å². The number of hydrogen-bond donors (Lipinski definition) is 1. The molecule has 0 saturated heterocycles. The number of amides is 1. The molecule has 1 amide bonds. The number of carbonyl (C=O) groups excluding carboxylic acids is 3. The van der Waals surface area contributed by atoms with Crippen LogP contribution in [-0.4, -0.2) is 51.5 Å². The summed E-state index contributed by atoms with van der Waals surface area (Å²) in [6.07, 6.45) is 2.78. The van der Waals surface area contributed by atoms with E-state index in [9.17, 15) is 22.8 Å². The van der Waals surface area contributed by atoms with Crippen LogP contribution in [0.4, 0.5) is 5.69 Å². The molecule has 2 aromatic carbocycles. The van der Waals surface area contributed by atoms with Crippen molar-refractivity contribution in [3.8, 4) is 0 Å². The van der Waals surface area contributed by atoms with Gasteiger partial charge in [-0.15, -0.1) is 0 Å². The summed E-state index contributed by atoms with van der Waals surface area (Å²) < 4.78 is 30.4. The van der Waals surface area contributed by atoms with Crippen LogP contribution in [0.2, 0.25) is 0 Å². The molecule has 0 unspecified atom stereocenters. The second-order valence-corrected chi connectivity index (χ2v) is 9.69.